The number of carbonyl (C=O) groups is 1. The van der Waals surface area contributed by atoms with Crippen LogP contribution in [0.2, 0.25) is 0 Å². The highest BCUT2D eigenvalue weighted by Crippen LogP contribution is 2.15. The van der Waals surface area contributed by atoms with E-state index in [2.05, 4.69) is 20.2 Å². The topological polar surface area (TPSA) is 63.6 Å². The first kappa shape index (κ1) is 17.5. The summed E-state index contributed by atoms with van der Waals surface area (Å²) in [4.78, 5) is 15.7. The van der Waals surface area contributed by atoms with Gasteiger partial charge in [-0.25, -0.2) is 5.43 Å². The number of carbonyl (C=O) groups excluding carboxylic acids is 1. The molecule has 0 atom stereocenters. The van der Waals surface area contributed by atoms with Gasteiger partial charge in [-0.1, -0.05) is 12.1 Å². The Morgan fingerprint density at radius 1 is 1.21 bits per heavy atom. The summed E-state index contributed by atoms with van der Waals surface area (Å²) in [5.74, 6) is -0.172. The van der Waals surface area contributed by atoms with Gasteiger partial charge in [-0.2, -0.15) is 13.9 Å². The van der Waals surface area contributed by atoms with Gasteiger partial charge in [0.1, 0.15) is 5.75 Å². The first-order valence-corrected chi connectivity index (χ1v) is 7.32. The largest absolute Gasteiger partial charge is 0.435 e. The lowest BCUT2D eigenvalue weighted by Crippen LogP contribution is -2.19. The zero-order valence-corrected chi connectivity index (χ0v) is 13.1. The Morgan fingerprint density at radius 2 is 1.88 bits per heavy atom. The van der Waals surface area contributed by atoms with Crippen molar-refractivity contribution in [3.05, 3.63) is 59.9 Å². The Balaban J connectivity index is 1.81. The third kappa shape index (κ3) is 5.75. The van der Waals surface area contributed by atoms with Gasteiger partial charge >= 0.3 is 6.61 Å². The van der Waals surface area contributed by atoms with Crippen LogP contribution < -0.4 is 10.2 Å². The number of hydrogen-bond acceptors (Lipinski definition) is 4. The molecule has 0 fully saturated rings. The molecule has 0 aliphatic heterocycles. The Labute approximate surface area is 138 Å². The summed E-state index contributed by atoms with van der Waals surface area (Å²) < 4.78 is 28.4. The molecule has 0 aliphatic rings. The van der Waals surface area contributed by atoms with Crippen LogP contribution in [0.3, 0.4) is 0 Å². The highest BCUT2D eigenvalue weighted by Gasteiger charge is 2.05. The molecule has 0 radical (unpaired) electrons. The van der Waals surface area contributed by atoms with E-state index in [1.807, 2.05) is 0 Å². The number of pyridine rings is 1. The molecule has 2 aromatic rings. The number of rotatable bonds is 7. The monoisotopic (exact) mass is 333 g/mol. The Kier molecular flexibility index (Phi) is 6.36. The van der Waals surface area contributed by atoms with Crippen molar-refractivity contribution in [3.63, 3.8) is 0 Å². The highest BCUT2D eigenvalue weighted by atomic mass is 19.3. The Morgan fingerprint density at radius 3 is 2.50 bits per heavy atom. The second-order valence-electron chi connectivity index (χ2n) is 5.05. The van der Waals surface area contributed by atoms with Crippen molar-refractivity contribution in [2.75, 3.05) is 0 Å². The number of aryl methyl sites for hydroxylation is 1. The van der Waals surface area contributed by atoms with E-state index in [4.69, 9.17) is 0 Å². The first-order valence-electron chi connectivity index (χ1n) is 7.32. The number of nitrogens with zero attached hydrogens (tertiary/aromatic N) is 2. The first-order chi connectivity index (χ1) is 11.5. The normalized spacial score (nSPS) is 11.4. The van der Waals surface area contributed by atoms with E-state index in [9.17, 15) is 13.6 Å². The summed E-state index contributed by atoms with van der Waals surface area (Å²) >= 11 is 0. The number of ether oxygens (including phenoxy) is 1. The third-order valence-corrected chi connectivity index (χ3v) is 3.21. The summed E-state index contributed by atoms with van der Waals surface area (Å²) in [5, 5.41) is 4.05. The van der Waals surface area contributed by atoms with Gasteiger partial charge in [0.2, 0.25) is 0 Å². The molecule has 0 bridgehead atoms. The molecule has 0 aliphatic carbocycles. The molecular formula is C17H17F2N3O2. The van der Waals surface area contributed by atoms with Crippen LogP contribution in [-0.2, 0) is 6.42 Å². The van der Waals surface area contributed by atoms with Crippen LogP contribution in [0, 0.1) is 0 Å². The van der Waals surface area contributed by atoms with E-state index in [-0.39, 0.29) is 11.7 Å². The molecule has 0 spiro atoms. The lowest BCUT2D eigenvalue weighted by Gasteiger charge is -2.06. The van der Waals surface area contributed by atoms with Gasteiger partial charge in [0.05, 0.1) is 0 Å². The maximum atomic E-state index is 12.1. The number of halogens is 2. The highest BCUT2D eigenvalue weighted by molar-refractivity contribution is 5.95. The molecule has 1 aromatic heterocycles. The van der Waals surface area contributed by atoms with E-state index in [1.54, 1.807) is 31.2 Å². The predicted molar refractivity (Wildman–Crippen MR) is 86.2 cm³/mol. The number of amides is 1. The predicted octanol–water partition coefficient (Wildman–Crippen LogP) is 3.42. The van der Waals surface area contributed by atoms with E-state index < -0.39 is 6.61 Å². The summed E-state index contributed by atoms with van der Waals surface area (Å²) in [6, 6.07) is 9.64. The second-order valence-corrected chi connectivity index (χ2v) is 5.05. The average Bonchev–Trinajstić information content (AvgIpc) is 2.59. The SMILES string of the molecule is C/C(CCc1ccc(OC(F)F)cc1)=N/NC(=O)c1ccncc1. The minimum Gasteiger partial charge on any atom is -0.435 e. The average molecular weight is 333 g/mol. The Bertz CT molecular complexity index is 689. The number of nitrogens with one attached hydrogen (secondary N) is 1. The quantitative estimate of drug-likeness (QED) is 0.624. The number of hydrogen-bond donors (Lipinski definition) is 1. The van der Waals surface area contributed by atoms with Gasteiger partial charge in [-0.05, 0) is 49.6 Å². The number of aromatic nitrogens is 1. The lowest BCUT2D eigenvalue weighted by molar-refractivity contribution is -0.0498. The zero-order chi connectivity index (χ0) is 17.4. The third-order valence-electron chi connectivity index (χ3n) is 3.21. The molecule has 0 saturated heterocycles. The van der Waals surface area contributed by atoms with Crippen molar-refractivity contribution in [2.45, 2.75) is 26.4 Å². The molecule has 1 aromatic carbocycles. The van der Waals surface area contributed by atoms with Gasteiger partial charge in [0.15, 0.2) is 0 Å². The minimum atomic E-state index is -2.82. The van der Waals surface area contributed by atoms with E-state index >= 15 is 0 Å². The summed E-state index contributed by atoms with van der Waals surface area (Å²) in [6.07, 6.45) is 4.38. The van der Waals surface area contributed by atoms with Gasteiger partial charge in [-0.3, -0.25) is 9.78 Å². The number of hydrazone groups is 1. The molecule has 5 nitrogen and oxygen atoms in total. The Hall–Kier alpha value is -2.83. The molecule has 1 heterocycles. The fraction of sp³-hybridized carbons (Fsp3) is 0.235. The van der Waals surface area contributed by atoms with Gasteiger partial charge < -0.3 is 4.74 Å². The van der Waals surface area contributed by atoms with Gasteiger partial charge in [-0.15, -0.1) is 0 Å². The van der Waals surface area contributed by atoms with Crippen molar-refractivity contribution in [1.82, 2.24) is 10.4 Å². The van der Waals surface area contributed by atoms with E-state index in [1.165, 1.54) is 24.5 Å². The molecular weight excluding hydrogens is 316 g/mol. The fourth-order valence-corrected chi connectivity index (χ4v) is 1.93. The van der Waals surface area contributed by atoms with Crippen molar-refractivity contribution < 1.29 is 18.3 Å². The van der Waals surface area contributed by atoms with Gasteiger partial charge in [0.25, 0.3) is 5.91 Å². The van der Waals surface area contributed by atoms with Crippen LogP contribution in [0.15, 0.2) is 53.9 Å². The van der Waals surface area contributed by atoms with E-state index in [0.29, 0.717) is 18.4 Å². The summed E-state index contributed by atoms with van der Waals surface area (Å²) in [7, 11) is 0. The standard InChI is InChI=1S/C17H17F2N3O2/c1-12(21-22-16(23)14-8-10-20-11-9-14)2-3-13-4-6-15(7-5-13)24-17(18)19/h4-11,17H,2-3H2,1H3,(H,22,23)/b21-12-. The molecule has 126 valence electrons. The van der Waals surface area contributed by atoms with Crippen LogP contribution in [0.5, 0.6) is 5.75 Å². The second kappa shape index (κ2) is 8.71. The van der Waals surface area contributed by atoms with Crippen LogP contribution >= 0.6 is 0 Å². The number of alkyl halides is 2. The molecule has 0 unspecified atom stereocenters. The molecule has 0 saturated carbocycles. The maximum absolute atomic E-state index is 12.1. The molecule has 2 rings (SSSR count). The molecule has 1 amide bonds. The molecule has 1 N–H and O–H groups in total. The van der Waals surface area contributed by atoms with Crippen molar-refractivity contribution in [3.8, 4) is 5.75 Å². The van der Waals surface area contributed by atoms with Crippen LogP contribution in [0.4, 0.5) is 8.78 Å². The van der Waals surface area contributed by atoms with Crippen molar-refractivity contribution >= 4 is 11.6 Å². The van der Waals surface area contributed by atoms with E-state index in [0.717, 1.165) is 11.3 Å². The summed E-state index contributed by atoms with van der Waals surface area (Å²) in [6.45, 7) is -1.02. The van der Waals surface area contributed by atoms with Crippen molar-refractivity contribution in [2.24, 2.45) is 5.10 Å². The van der Waals surface area contributed by atoms with Gasteiger partial charge in [0, 0.05) is 23.7 Å². The van der Waals surface area contributed by atoms with Crippen LogP contribution in [0.25, 0.3) is 0 Å². The molecule has 24 heavy (non-hydrogen) atoms. The molecule has 7 heteroatoms. The number of benzene rings is 1. The fourth-order valence-electron chi connectivity index (χ4n) is 1.93. The maximum Gasteiger partial charge on any atom is 0.387 e. The smallest absolute Gasteiger partial charge is 0.387 e. The lowest BCUT2D eigenvalue weighted by atomic mass is 10.1. The van der Waals surface area contributed by atoms with Crippen LogP contribution in [-0.4, -0.2) is 23.2 Å². The van der Waals surface area contributed by atoms with Crippen molar-refractivity contribution in [1.29, 1.82) is 0 Å². The zero-order valence-electron chi connectivity index (χ0n) is 13.1. The summed E-state index contributed by atoms with van der Waals surface area (Å²) in [5.41, 5.74) is 4.69. The minimum absolute atomic E-state index is 0.128. The van der Waals surface area contributed by atoms with Crippen LogP contribution in [0.1, 0.15) is 29.3 Å².